The van der Waals surface area contributed by atoms with Crippen LogP contribution in [-0.2, 0) is 9.53 Å². The number of ether oxygens (including phenoxy) is 1. The number of fused-ring (bicyclic) bond motifs is 1. The Hall–Kier alpha value is -1.56. The summed E-state index contributed by atoms with van der Waals surface area (Å²) in [5.41, 5.74) is 0.573. The highest BCUT2D eigenvalue weighted by Crippen LogP contribution is 2.34. The lowest BCUT2D eigenvalue weighted by Gasteiger charge is -2.33. The lowest BCUT2D eigenvalue weighted by atomic mass is 10.1. The normalized spacial score (nSPS) is 18.4. The molecule has 0 saturated carbocycles. The Morgan fingerprint density at radius 1 is 1.40 bits per heavy atom. The number of anilines is 2. The van der Waals surface area contributed by atoms with Crippen molar-refractivity contribution in [1.82, 2.24) is 0 Å². The van der Waals surface area contributed by atoms with E-state index in [-0.39, 0.29) is 5.91 Å². The Kier molecular flexibility index (Phi) is 3.77. The molecule has 0 aromatic heterocycles. The maximum atomic E-state index is 12.3. The predicted octanol–water partition coefficient (Wildman–Crippen LogP) is 3.53. The zero-order chi connectivity index (χ0) is 15.1. The Morgan fingerprint density at radius 2 is 2.05 bits per heavy atom. The highest BCUT2D eigenvalue weighted by molar-refractivity contribution is 9.10. The van der Waals surface area contributed by atoms with Crippen LogP contribution in [0.4, 0.5) is 16.2 Å². The summed E-state index contributed by atoms with van der Waals surface area (Å²) in [6.45, 7) is 7.01. The zero-order valence-corrected chi connectivity index (χ0v) is 13.4. The lowest BCUT2D eigenvalue weighted by molar-refractivity contribution is -0.119. The Morgan fingerprint density at radius 3 is 2.65 bits per heavy atom. The molecular formula is C14H17BrN2O3. The molecule has 1 atom stereocenters. The highest BCUT2D eigenvalue weighted by atomic mass is 79.9. The molecule has 0 unspecified atom stereocenters. The summed E-state index contributed by atoms with van der Waals surface area (Å²) in [6, 6.07) is 4.83. The van der Waals surface area contributed by atoms with E-state index in [0.29, 0.717) is 5.69 Å². The average Bonchev–Trinajstić information content (AvgIpc) is 2.28. The molecule has 0 bridgehead atoms. The second-order valence-corrected chi connectivity index (χ2v) is 6.60. The topological polar surface area (TPSA) is 58.6 Å². The van der Waals surface area contributed by atoms with E-state index in [1.165, 1.54) is 0 Å². The van der Waals surface area contributed by atoms with Crippen molar-refractivity contribution in [1.29, 1.82) is 0 Å². The van der Waals surface area contributed by atoms with E-state index in [1.54, 1.807) is 39.8 Å². The van der Waals surface area contributed by atoms with Gasteiger partial charge < -0.3 is 10.1 Å². The summed E-state index contributed by atoms with van der Waals surface area (Å²) in [6.07, 6.45) is -0.653. The second-order valence-electron chi connectivity index (χ2n) is 5.68. The van der Waals surface area contributed by atoms with Gasteiger partial charge in [-0.15, -0.1) is 0 Å². The third-order valence-corrected chi connectivity index (χ3v) is 3.23. The Bertz CT molecular complexity index is 566. The van der Waals surface area contributed by atoms with Crippen LogP contribution < -0.4 is 10.2 Å². The number of nitrogens with zero attached hydrogens (tertiary/aromatic N) is 1. The molecule has 20 heavy (non-hydrogen) atoms. The smallest absolute Gasteiger partial charge is 0.421 e. The van der Waals surface area contributed by atoms with Crippen LogP contribution in [0.5, 0.6) is 0 Å². The van der Waals surface area contributed by atoms with Crippen molar-refractivity contribution in [3.63, 3.8) is 0 Å². The summed E-state index contributed by atoms with van der Waals surface area (Å²) < 4.78 is 6.18. The maximum absolute atomic E-state index is 12.3. The second kappa shape index (κ2) is 5.09. The minimum atomic E-state index is -0.653. The molecule has 2 amide bonds. The monoisotopic (exact) mass is 340 g/mol. The Balaban J connectivity index is 2.41. The first-order chi connectivity index (χ1) is 9.19. The van der Waals surface area contributed by atoms with Gasteiger partial charge in [-0.1, -0.05) is 15.9 Å². The lowest BCUT2D eigenvalue weighted by Crippen LogP contribution is -2.50. The molecule has 1 heterocycles. The van der Waals surface area contributed by atoms with E-state index in [0.717, 1.165) is 15.1 Å². The first-order valence-electron chi connectivity index (χ1n) is 6.32. The van der Waals surface area contributed by atoms with Gasteiger partial charge in [0.2, 0.25) is 0 Å². The van der Waals surface area contributed by atoms with Crippen molar-refractivity contribution in [2.75, 3.05) is 10.2 Å². The number of carbonyl (C=O) groups excluding carboxylic acids is 2. The molecular weight excluding hydrogens is 324 g/mol. The first-order valence-corrected chi connectivity index (χ1v) is 7.11. The van der Waals surface area contributed by atoms with Crippen molar-refractivity contribution in [3.8, 4) is 0 Å². The fourth-order valence-corrected chi connectivity index (χ4v) is 2.28. The van der Waals surface area contributed by atoms with Gasteiger partial charge in [0.25, 0.3) is 5.91 Å². The van der Waals surface area contributed by atoms with Crippen molar-refractivity contribution in [2.24, 2.45) is 0 Å². The minimum Gasteiger partial charge on any atom is -0.443 e. The number of halogens is 1. The summed E-state index contributed by atoms with van der Waals surface area (Å²) in [7, 11) is 0. The van der Waals surface area contributed by atoms with Gasteiger partial charge in [0.05, 0.1) is 11.4 Å². The zero-order valence-electron chi connectivity index (χ0n) is 11.9. The molecule has 5 nitrogen and oxygen atoms in total. The molecule has 1 aromatic carbocycles. The van der Waals surface area contributed by atoms with E-state index in [2.05, 4.69) is 21.2 Å². The number of imide groups is 1. The average molecular weight is 341 g/mol. The highest BCUT2D eigenvalue weighted by Gasteiger charge is 2.36. The van der Waals surface area contributed by atoms with Crippen LogP contribution in [0.25, 0.3) is 0 Å². The fraction of sp³-hybridized carbons (Fsp3) is 0.429. The largest absolute Gasteiger partial charge is 0.443 e. The fourth-order valence-electron chi connectivity index (χ4n) is 1.92. The van der Waals surface area contributed by atoms with Crippen molar-refractivity contribution < 1.29 is 14.3 Å². The number of rotatable bonds is 0. The number of carbonyl (C=O) groups is 2. The van der Waals surface area contributed by atoms with E-state index < -0.39 is 17.7 Å². The van der Waals surface area contributed by atoms with Crippen LogP contribution in [0.15, 0.2) is 22.7 Å². The quantitative estimate of drug-likeness (QED) is 0.784. The third-order valence-electron chi connectivity index (χ3n) is 2.74. The number of benzene rings is 1. The minimum absolute atomic E-state index is 0.325. The summed E-state index contributed by atoms with van der Waals surface area (Å²) in [5, 5.41) is 3.07. The first kappa shape index (κ1) is 14.8. The molecule has 108 valence electrons. The van der Waals surface area contributed by atoms with Crippen LogP contribution >= 0.6 is 15.9 Å². The predicted molar refractivity (Wildman–Crippen MR) is 80.9 cm³/mol. The van der Waals surface area contributed by atoms with E-state index >= 15 is 0 Å². The molecule has 0 saturated heterocycles. The number of amides is 2. The SMILES string of the molecule is C[C@H]1Nc2cc(Br)ccc2N(C(=O)OC(C)(C)C)C1=O. The standard InChI is InChI=1S/C14H17BrN2O3/c1-8-12(18)17(13(19)20-14(2,3)4)11-6-5-9(15)7-10(11)16-8/h5-8,16H,1-4H3/t8-/m1/s1. The van der Waals surface area contributed by atoms with Gasteiger partial charge in [-0.3, -0.25) is 4.79 Å². The van der Waals surface area contributed by atoms with Crippen LogP contribution in [0.1, 0.15) is 27.7 Å². The molecule has 2 rings (SSSR count). The van der Waals surface area contributed by atoms with Crippen molar-refractivity contribution >= 4 is 39.3 Å². The third kappa shape index (κ3) is 2.95. The summed E-state index contributed by atoms with van der Waals surface area (Å²) in [5.74, 6) is -0.325. The molecule has 1 N–H and O–H groups in total. The van der Waals surface area contributed by atoms with Gasteiger partial charge in [-0.05, 0) is 45.9 Å². The van der Waals surface area contributed by atoms with E-state index in [1.807, 2.05) is 6.07 Å². The van der Waals surface area contributed by atoms with Gasteiger partial charge in [-0.25, -0.2) is 9.69 Å². The molecule has 6 heteroatoms. The number of hydrogen-bond donors (Lipinski definition) is 1. The van der Waals surface area contributed by atoms with Gasteiger partial charge in [0.1, 0.15) is 11.6 Å². The molecule has 1 aromatic rings. The van der Waals surface area contributed by atoms with Crippen molar-refractivity contribution in [3.05, 3.63) is 22.7 Å². The molecule has 0 spiro atoms. The van der Waals surface area contributed by atoms with Gasteiger partial charge in [0, 0.05) is 4.47 Å². The molecule has 0 fully saturated rings. The maximum Gasteiger partial charge on any atom is 0.421 e. The van der Waals surface area contributed by atoms with Crippen LogP contribution in [0.3, 0.4) is 0 Å². The molecule has 1 aliphatic rings. The summed E-state index contributed by atoms with van der Waals surface area (Å²) in [4.78, 5) is 25.6. The van der Waals surface area contributed by atoms with Crippen LogP contribution in [0, 0.1) is 0 Å². The van der Waals surface area contributed by atoms with Crippen LogP contribution in [-0.4, -0.2) is 23.6 Å². The molecule has 1 aliphatic heterocycles. The van der Waals surface area contributed by atoms with Crippen LogP contribution in [0.2, 0.25) is 0 Å². The Labute approximate surface area is 126 Å². The van der Waals surface area contributed by atoms with E-state index in [4.69, 9.17) is 4.74 Å². The molecule has 0 radical (unpaired) electrons. The van der Waals surface area contributed by atoms with Gasteiger partial charge in [-0.2, -0.15) is 0 Å². The van der Waals surface area contributed by atoms with E-state index in [9.17, 15) is 9.59 Å². The molecule has 0 aliphatic carbocycles. The number of hydrogen-bond acceptors (Lipinski definition) is 4. The van der Waals surface area contributed by atoms with Gasteiger partial charge in [0.15, 0.2) is 0 Å². The van der Waals surface area contributed by atoms with Gasteiger partial charge >= 0.3 is 6.09 Å². The van der Waals surface area contributed by atoms with Crippen molar-refractivity contribution in [2.45, 2.75) is 39.3 Å². The number of nitrogens with one attached hydrogen (secondary N) is 1. The summed E-state index contributed by atoms with van der Waals surface area (Å²) >= 11 is 3.37.